The van der Waals surface area contributed by atoms with E-state index in [1.54, 1.807) is 0 Å². The summed E-state index contributed by atoms with van der Waals surface area (Å²) in [5.41, 5.74) is -0.256. The van der Waals surface area contributed by atoms with Crippen molar-refractivity contribution in [2.75, 3.05) is 19.8 Å². The monoisotopic (exact) mass is 293 g/mol. The third-order valence-corrected chi connectivity index (χ3v) is 4.14. The minimum atomic E-state index is -0.321. The number of nitrogens with one attached hydrogen (secondary N) is 2. The van der Waals surface area contributed by atoms with E-state index in [1.165, 1.54) is 6.20 Å². The van der Waals surface area contributed by atoms with E-state index >= 15 is 0 Å². The van der Waals surface area contributed by atoms with Crippen LogP contribution in [0.15, 0.2) is 17.2 Å². The number of aromatic nitrogens is 2. The number of hydrogen-bond acceptors (Lipinski definition) is 5. The minimum absolute atomic E-state index is 0.0677. The molecule has 0 radical (unpaired) electrons. The van der Waals surface area contributed by atoms with E-state index in [9.17, 15) is 9.59 Å². The average Bonchev–Trinajstić information content (AvgIpc) is 2.49. The van der Waals surface area contributed by atoms with Gasteiger partial charge in [0.05, 0.1) is 11.8 Å². The topological polar surface area (TPSA) is 93.3 Å². The molecule has 1 amide bonds. The van der Waals surface area contributed by atoms with E-state index in [1.807, 2.05) is 0 Å². The zero-order valence-corrected chi connectivity index (χ0v) is 11.8. The molecule has 1 spiro atoms. The smallest absolute Gasteiger partial charge is 0.271 e. The Labute approximate surface area is 122 Å². The summed E-state index contributed by atoms with van der Waals surface area (Å²) in [6.45, 7) is 2.06. The van der Waals surface area contributed by atoms with Gasteiger partial charge in [-0.25, -0.2) is 4.98 Å². The molecule has 1 unspecified atom stereocenters. The third-order valence-electron chi connectivity index (χ3n) is 4.14. The number of hydrogen-bond donors (Lipinski definition) is 2. The first-order valence-electron chi connectivity index (χ1n) is 7.24. The fourth-order valence-electron chi connectivity index (χ4n) is 2.97. The van der Waals surface area contributed by atoms with Crippen LogP contribution < -0.4 is 10.9 Å². The summed E-state index contributed by atoms with van der Waals surface area (Å²) in [4.78, 5) is 29.4. The number of carbonyl (C=O) groups is 1. The van der Waals surface area contributed by atoms with Gasteiger partial charge in [-0.15, -0.1) is 0 Å². The van der Waals surface area contributed by atoms with Crippen LogP contribution in [0.1, 0.15) is 36.2 Å². The molecular formula is C14H19N3O4. The van der Waals surface area contributed by atoms with Crippen molar-refractivity contribution >= 4 is 5.91 Å². The van der Waals surface area contributed by atoms with E-state index in [4.69, 9.17) is 9.47 Å². The van der Waals surface area contributed by atoms with E-state index in [0.29, 0.717) is 19.8 Å². The number of H-pyrrole nitrogens is 1. The summed E-state index contributed by atoms with van der Waals surface area (Å²) in [5, 5.41) is 2.98. The standard InChI is InChI=1S/C14H19N3O4/c18-12-9-15-11(8-16-12)13(19)17-10-1-4-21-14(7-10)2-5-20-6-3-14/h8-10H,1-7H2,(H,16,18)(H,17,19). The lowest BCUT2D eigenvalue weighted by Crippen LogP contribution is -2.51. The van der Waals surface area contributed by atoms with Crippen LogP contribution >= 0.6 is 0 Å². The van der Waals surface area contributed by atoms with Crippen LogP contribution in [0.5, 0.6) is 0 Å². The molecule has 0 aromatic carbocycles. The maximum absolute atomic E-state index is 12.1. The van der Waals surface area contributed by atoms with Gasteiger partial charge in [-0.05, 0) is 25.7 Å². The third kappa shape index (κ3) is 3.30. The molecule has 114 valence electrons. The molecule has 2 aliphatic heterocycles. The fraction of sp³-hybridized carbons (Fsp3) is 0.643. The maximum atomic E-state index is 12.1. The Bertz CT molecular complexity index is 540. The van der Waals surface area contributed by atoms with Crippen molar-refractivity contribution in [2.45, 2.75) is 37.3 Å². The number of aromatic amines is 1. The average molecular weight is 293 g/mol. The molecule has 0 saturated carbocycles. The molecule has 3 rings (SSSR count). The highest BCUT2D eigenvalue weighted by Gasteiger charge is 2.39. The maximum Gasteiger partial charge on any atom is 0.271 e. The van der Waals surface area contributed by atoms with Crippen LogP contribution in [-0.4, -0.2) is 47.3 Å². The van der Waals surface area contributed by atoms with Crippen LogP contribution in [0.2, 0.25) is 0 Å². The lowest BCUT2D eigenvalue weighted by atomic mass is 9.84. The van der Waals surface area contributed by atoms with Gasteiger partial charge >= 0.3 is 0 Å². The highest BCUT2D eigenvalue weighted by atomic mass is 16.5. The van der Waals surface area contributed by atoms with Gasteiger partial charge in [-0.2, -0.15) is 0 Å². The van der Waals surface area contributed by atoms with Crippen molar-refractivity contribution in [2.24, 2.45) is 0 Å². The van der Waals surface area contributed by atoms with E-state index < -0.39 is 0 Å². The summed E-state index contributed by atoms with van der Waals surface area (Å²) in [7, 11) is 0. The largest absolute Gasteiger partial charge is 0.381 e. The molecule has 2 aliphatic rings. The summed E-state index contributed by atoms with van der Waals surface area (Å²) in [6, 6.07) is 0.0677. The molecule has 7 nitrogen and oxygen atoms in total. The molecule has 0 aliphatic carbocycles. The fourth-order valence-corrected chi connectivity index (χ4v) is 2.97. The Balaban J connectivity index is 1.63. The Kier molecular flexibility index (Phi) is 4.03. The van der Waals surface area contributed by atoms with Gasteiger partial charge in [0.15, 0.2) is 0 Å². The van der Waals surface area contributed by atoms with Gasteiger partial charge in [0, 0.05) is 32.1 Å². The van der Waals surface area contributed by atoms with Crippen molar-refractivity contribution in [3.8, 4) is 0 Å². The highest BCUT2D eigenvalue weighted by molar-refractivity contribution is 5.92. The highest BCUT2D eigenvalue weighted by Crippen LogP contribution is 2.34. The summed E-state index contributed by atoms with van der Waals surface area (Å²) in [5.74, 6) is -0.264. The molecule has 0 bridgehead atoms. The molecule has 21 heavy (non-hydrogen) atoms. The Morgan fingerprint density at radius 2 is 2.19 bits per heavy atom. The van der Waals surface area contributed by atoms with E-state index in [2.05, 4.69) is 15.3 Å². The number of ether oxygens (including phenoxy) is 2. The van der Waals surface area contributed by atoms with Crippen LogP contribution in [0, 0.1) is 0 Å². The first-order valence-corrected chi connectivity index (χ1v) is 7.24. The van der Waals surface area contributed by atoms with Crippen molar-refractivity contribution in [1.29, 1.82) is 0 Å². The first-order chi connectivity index (χ1) is 10.2. The van der Waals surface area contributed by atoms with Crippen molar-refractivity contribution in [1.82, 2.24) is 15.3 Å². The first kappa shape index (κ1) is 14.2. The van der Waals surface area contributed by atoms with Crippen LogP contribution in [0.25, 0.3) is 0 Å². The number of amides is 1. The Morgan fingerprint density at radius 1 is 1.38 bits per heavy atom. The molecule has 1 aromatic heterocycles. The van der Waals surface area contributed by atoms with Crippen LogP contribution in [-0.2, 0) is 9.47 Å². The van der Waals surface area contributed by atoms with E-state index in [0.717, 1.165) is 31.9 Å². The SMILES string of the molecule is O=C(NC1CCOC2(CCOCC2)C1)c1c[nH]c(=O)cn1. The van der Waals surface area contributed by atoms with Crippen LogP contribution in [0.4, 0.5) is 0 Å². The number of carbonyl (C=O) groups excluding carboxylic acids is 1. The normalized spacial score (nSPS) is 24.7. The molecule has 3 heterocycles. The van der Waals surface area contributed by atoms with Crippen LogP contribution in [0.3, 0.4) is 0 Å². The predicted octanol–water partition coefficient (Wildman–Crippen LogP) is 0.228. The zero-order valence-electron chi connectivity index (χ0n) is 11.8. The molecule has 1 atom stereocenters. The molecule has 2 fully saturated rings. The van der Waals surface area contributed by atoms with Gasteiger partial charge in [0.2, 0.25) is 0 Å². The van der Waals surface area contributed by atoms with Crippen molar-refractivity contribution in [3.63, 3.8) is 0 Å². The lowest BCUT2D eigenvalue weighted by Gasteiger charge is -2.43. The molecule has 1 aromatic rings. The molecular weight excluding hydrogens is 274 g/mol. The van der Waals surface area contributed by atoms with Gasteiger partial charge in [0.25, 0.3) is 11.5 Å². The van der Waals surface area contributed by atoms with Gasteiger partial charge in [-0.1, -0.05) is 0 Å². The summed E-state index contributed by atoms with van der Waals surface area (Å²) < 4.78 is 11.3. The molecule has 2 N–H and O–H groups in total. The van der Waals surface area contributed by atoms with Crippen molar-refractivity contribution < 1.29 is 14.3 Å². The lowest BCUT2D eigenvalue weighted by molar-refractivity contribution is -0.139. The number of rotatable bonds is 2. The van der Waals surface area contributed by atoms with Crippen molar-refractivity contribution in [3.05, 3.63) is 28.4 Å². The zero-order chi connectivity index (χ0) is 14.7. The molecule has 7 heteroatoms. The Hall–Kier alpha value is -1.73. The second kappa shape index (κ2) is 5.95. The molecule has 2 saturated heterocycles. The van der Waals surface area contributed by atoms with Gasteiger partial charge < -0.3 is 19.8 Å². The quantitative estimate of drug-likeness (QED) is 0.814. The summed E-state index contributed by atoms with van der Waals surface area (Å²) >= 11 is 0. The minimum Gasteiger partial charge on any atom is -0.381 e. The second-order valence-electron chi connectivity index (χ2n) is 5.60. The summed E-state index contributed by atoms with van der Waals surface area (Å²) in [6.07, 6.45) is 5.77. The van der Waals surface area contributed by atoms with Gasteiger partial charge in [0.1, 0.15) is 5.69 Å². The Morgan fingerprint density at radius 3 is 2.90 bits per heavy atom. The second-order valence-corrected chi connectivity index (χ2v) is 5.60. The predicted molar refractivity (Wildman–Crippen MR) is 74.1 cm³/mol. The van der Waals surface area contributed by atoms with E-state index in [-0.39, 0.29) is 28.8 Å². The number of nitrogens with zero attached hydrogens (tertiary/aromatic N) is 1. The van der Waals surface area contributed by atoms with Gasteiger partial charge in [-0.3, -0.25) is 9.59 Å².